The lowest BCUT2D eigenvalue weighted by atomic mass is 10.2. The van der Waals surface area contributed by atoms with Gasteiger partial charge >= 0.3 is 0 Å². The van der Waals surface area contributed by atoms with Crippen LogP contribution < -0.4 is 14.8 Å². The van der Waals surface area contributed by atoms with Gasteiger partial charge in [0, 0.05) is 12.5 Å². The fourth-order valence-electron chi connectivity index (χ4n) is 2.43. The Kier molecular flexibility index (Phi) is 6.57. The minimum Gasteiger partial charge on any atom is -0.492 e. The molecule has 0 saturated heterocycles. The van der Waals surface area contributed by atoms with Gasteiger partial charge in [-0.25, -0.2) is 8.42 Å². The van der Waals surface area contributed by atoms with E-state index < -0.39 is 14.9 Å². The van der Waals surface area contributed by atoms with Crippen LogP contribution in [0.25, 0.3) is 0 Å². The lowest BCUT2D eigenvalue weighted by molar-refractivity contribution is -0.385. The molecule has 0 heterocycles. The van der Waals surface area contributed by atoms with Gasteiger partial charge in [0.05, 0.1) is 33.4 Å². The Morgan fingerprint density at radius 1 is 1.18 bits per heavy atom. The van der Waals surface area contributed by atoms with Crippen LogP contribution in [0.5, 0.6) is 5.75 Å². The second-order valence-electron chi connectivity index (χ2n) is 5.81. The minimum atomic E-state index is -4.05. The summed E-state index contributed by atoms with van der Waals surface area (Å²) >= 11 is 0. The molecule has 1 amide bonds. The van der Waals surface area contributed by atoms with Crippen molar-refractivity contribution in [3.63, 3.8) is 0 Å². The predicted molar refractivity (Wildman–Crippen MR) is 105 cm³/mol. The summed E-state index contributed by atoms with van der Waals surface area (Å²) in [6.45, 7) is 5.24. The van der Waals surface area contributed by atoms with E-state index in [-0.39, 0.29) is 39.8 Å². The summed E-state index contributed by atoms with van der Waals surface area (Å²) < 4.78 is 33.3. The van der Waals surface area contributed by atoms with Gasteiger partial charge in [-0.05, 0) is 38.1 Å². The van der Waals surface area contributed by atoms with Crippen molar-refractivity contribution in [2.24, 2.45) is 0 Å². The van der Waals surface area contributed by atoms with Gasteiger partial charge in [0.15, 0.2) is 0 Å². The van der Waals surface area contributed by atoms with E-state index in [0.717, 1.165) is 0 Å². The monoisotopic (exact) mass is 407 g/mol. The van der Waals surface area contributed by atoms with Crippen LogP contribution >= 0.6 is 0 Å². The molecule has 0 radical (unpaired) electrons. The average Bonchev–Trinajstić information content (AvgIpc) is 2.64. The number of nitro groups is 1. The molecule has 150 valence electrons. The minimum absolute atomic E-state index is 0.0993. The first kappa shape index (κ1) is 21.2. The van der Waals surface area contributed by atoms with Crippen LogP contribution in [0.15, 0.2) is 41.3 Å². The molecule has 0 fully saturated rings. The highest BCUT2D eigenvalue weighted by Gasteiger charge is 2.21. The normalized spacial score (nSPS) is 11.0. The average molecular weight is 407 g/mol. The lowest BCUT2D eigenvalue weighted by Gasteiger charge is -2.15. The SMILES string of the molecule is CCOc1ccc(S(=O)(=O)Nc2cccc([N+](=O)[O-])c2C)cc1NC(=O)CC. The van der Waals surface area contributed by atoms with Gasteiger partial charge in [0.1, 0.15) is 5.75 Å². The van der Waals surface area contributed by atoms with E-state index in [2.05, 4.69) is 10.0 Å². The zero-order valence-electron chi connectivity index (χ0n) is 15.7. The van der Waals surface area contributed by atoms with Gasteiger partial charge in [-0.1, -0.05) is 13.0 Å². The standard InChI is InChI=1S/C18H21N3O6S/c1-4-18(22)19-15-11-13(9-10-17(15)27-5-2)28(25,26)20-14-7-6-8-16(12(14)3)21(23)24/h6-11,20H,4-5H2,1-3H3,(H,19,22). The fourth-order valence-corrected chi connectivity index (χ4v) is 3.58. The van der Waals surface area contributed by atoms with Crippen molar-refractivity contribution < 1.29 is 22.9 Å². The number of ether oxygens (including phenoxy) is 1. The third-order valence-electron chi connectivity index (χ3n) is 3.90. The fraction of sp³-hybridized carbons (Fsp3) is 0.278. The van der Waals surface area contributed by atoms with Gasteiger partial charge in [-0.15, -0.1) is 0 Å². The van der Waals surface area contributed by atoms with Crippen LogP contribution in [-0.2, 0) is 14.8 Å². The largest absolute Gasteiger partial charge is 0.492 e. The number of hydrogen-bond donors (Lipinski definition) is 2. The molecule has 2 rings (SSSR count). The number of nitrogens with zero attached hydrogens (tertiary/aromatic N) is 1. The number of anilines is 2. The maximum absolute atomic E-state index is 12.8. The zero-order chi connectivity index (χ0) is 20.9. The molecule has 9 nitrogen and oxygen atoms in total. The summed E-state index contributed by atoms with van der Waals surface area (Å²) in [5.74, 6) is 0.0489. The topological polar surface area (TPSA) is 128 Å². The molecular weight excluding hydrogens is 386 g/mol. The van der Waals surface area contributed by atoms with Crippen LogP contribution in [0.4, 0.5) is 17.1 Å². The number of nitro benzene ring substituents is 1. The smallest absolute Gasteiger partial charge is 0.274 e. The Bertz CT molecular complexity index is 1000. The van der Waals surface area contributed by atoms with E-state index in [4.69, 9.17) is 4.74 Å². The van der Waals surface area contributed by atoms with E-state index in [1.165, 1.54) is 43.3 Å². The number of sulfonamides is 1. The van der Waals surface area contributed by atoms with Gasteiger partial charge in [-0.2, -0.15) is 0 Å². The molecule has 0 aliphatic heterocycles. The second-order valence-corrected chi connectivity index (χ2v) is 7.49. The van der Waals surface area contributed by atoms with E-state index in [1.807, 2.05) is 0 Å². The first-order valence-electron chi connectivity index (χ1n) is 8.53. The molecule has 2 N–H and O–H groups in total. The number of carbonyl (C=O) groups is 1. The van der Waals surface area contributed by atoms with Crippen molar-refractivity contribution in [1.82, 2.24) is 0 Å². The molecule has 2 aromatic carbocycles. The number of nitrogens with one attached hydrogen (secondary N) is 2. The second kappa shape index (κ2) is 8.70. The lowest BCUT2D eigenvalue weighted by Crippen LogP contribution is -2.16. The Morgan fingerprint density at radius 3 is 2.50 bits per heavy atom. The summed E-state index contributed by atoms with van der Waals surface area (Å²) in [5.41, 5.74) is 0.332. The van der Waals surface area contributed by atoms with Crippen molar-refractivity contribution >= 4 is 33.0 Å². The molecule has 10 heteroatoms. The van der Waals surface area contributed by atoms with Gasteiger partial charge < -0.3 is 10.1 Å². The molecule has 0 aliphatic carbocycles. The molecule has 0 aliphatic rings. The van der Waals surface area contributed by atoms with Gasteiger partial charge in [0.2, 0.25) is 5.91 Å². The molecule has 0 bridgehead atoms. The molecule has 0 aromatic heterocycles. The van der Waals surface area contributed by atoms with Crippen LogP contribution in [0.2, 0.25) is 0 Å². The summed E-state index contributed by atoms with van der Waals surface area (Å²) in [5, 5.41) is 13.7. The van der Waals surface area contributed by atoms with Crippen molar-refractivity contribution in [3.05, 3.63) is 52.1 Å². The van der Waals surface area contributed by atoms with Gasteiger partial charge in [0.25, 0.3) is 15.7 Å². The molecular formula is C18H21N3O6S. The van der Waals surface area contributed by atoms with Crippen LogP contribution in [0, 0.1) is 17.0 Å². The van der Waals surface area contributed by atoms with Crippen LogP contribution in [-0.4, -0.2) is 25.9 Å². The van der Waals surface area contributed by atoms with Crippen molar-refractivity contribution in [1.29, 1.82) is 0 Å². The van der Waals surface area contributed by atoms with Crippen LogP contribution in [0.1, 0.15) is 25.8 Å². The van der Waals surface area contributed by atoms with E-state index in [9.17, 15) is 23.3 Å². The highest BCUT2D eigenvalue weighted by Crippen LogP contribution is 2.31. The highest BCUT2D eigenvalue weighted by molar-refractivity contribution is 7.92. The third-order valence-corrected chi connectivity index (χ3v) is 5.27. The summed E-state index contributed by atoms with van der Waals surface area (Å²) in [6.07, 6.45) is 0.216. The zero-order valence-corrected chi connectivity index (χ0v) is 16.5. The highest BCUT2D eigenvalue weighted by atomic mass is 32.2. The molecule has 0 spiro atoms. The van der Waals surface area contributed by atoms with E-state index >= 15 is 0 Å². The van der Waals surface area contributed by atoms with Crippen molar-refractivity contribution in [2.75, 3.05) is 16.6 Å². The number of carbonyl (C=O) groups excluding carboxylic acids is 1. The summed E-state index contributed by atoms with van der Waals surface area (Å²) in [7, 11) is -4.05. The van der Waals surface area contributed by atoms with Crippen molar-refractivity contribution in [3.8, 4) is 5.75 Å². The quantitative estimate of drug-likeness (QED) is 0.509. The van der Waals surface area contributed by atoms with Crippen LogP contribution in [0.3, 0.4) is 0 Å². The Balaban J connectivity index is 2.43. The first-order chi connectivity index (χ1) is 13.2. The Hall–Kier alpha value is -3.14. The van der Waals surface area contributed by atoms with Crippen molar-refractivity contribution in [2.45, 2.75) is 32.1 Å². The molecule has 28 heavy (non-hydrogen) atoms. The Morgan fingerprint density at radius 2 is 1.89 bits per heavy atom. The number of amides is 1. The molecule has 0 saturated carbocycles. The summed E-state index contributed by atoms with van der Waals surface area (Å²) in [4.78, 5) is 22.1. The molecule has 2 aromatic rings. The van der Waals surface area contributed by atoms with E-state index in [0.29, 0.717) is 12.4 Å². The van der Waals surface area contributed by atoms with E-state index in [1.54, 1.807) is 13.8 Å². The molecule has 0 atom stereocenters. The summed E-state index contributed by atoms with van der Waals surface area (Å²) in [6, 6.07) is 8.20. The Labute approximate surface area is 162 Å². The maximum Gasteiger partial charge on any atom is 0.274 e. The number of benzene rings is 2. The maximum atomic E-state index is 12.8. The number of rotatable bonds is 8. The van der Waals surface area contributed by atoms with Gasteiger partial charge in [-0.3, -0.25) is 19.6 Å². The first-order valence-corrected chi connectivity index (χ1v) is 10.0. The predicted octanol–water partition coefficient (Wildman–Crippen LogP) is 3.45. The number of hydrogen-bond acceptors (Lipinski definition) is 6. The third kappa shape index (κ3) is 4.77. The molecule has 0 unspecified atom stereocenters.